The predicted octanol–water partition coefficient (Wildman–Crippen LogP) is 6.41. The first-order valence-electron chi connectivity index (χ1n) is 12.3. The van der Waals surface area contributed by atoms with Crippen LogP contribution in [0.1, 0.15) is 48.6 Å². The van der Waals surface area contributed by atoms with Gasteiger partial charge in [0.05, 0.1) is 19.8 Å². The number of ether oxygens (including phenoxy) is 2. The van der Waals surface area contributed by atoms with Crippen molar-refractivity contribution < 1.29 is 14.3 Å². The molecule has 1 aliphatic rings. The fourth-order valence-electron chi connectivity index (χ4n) is 5.11. The van der Waals surface area contributed by atoms with Gasteiger partial charge >= 0.3 is 5.97 Å². The average molecular weight is 470 g/mol. The molecule has 0 aliphatic carbocycles. The molecule has 0 spiro atoms. The van der Waals surface area contributed by atoms with Gasteiger partial charge in [-0.15, -0.1) is 0 Å². The van der Waals surface area contributed by atoms with Gasteiger partial charge in [-0.3, -0.25) is 0 Å². The second-order valence-electron chi connectivity index (χ2n) is 9.74. The summed E-state index contributed by atoms with van der Waals surface area (Å²) >= 11 is 0. The van der Waals surface area contributed by atoms with Crippen LogP contribution < -0.4 is 9.64 Å². The lowest BCUT2D eigenvalue weighted by atomic mass is 9.76. The van der Waals surface area contributed by atoms with Crippen LogP contribution in [-0.4, -0.2) is 26.7 Å². The summed E-state index contributed by atoms with van der Waals surface area (Å²) in [5.41, 5.74) is 6.99. The van der Waals surface area contributed by atoms with Gasteiger partial charge in [-0.2, -0.15) is 0 Å². The number of anilines is 1. The summed E-state index contributed by atoms with van der Waals surface area (Å²) in [5, 5.41) is 0. The standard InChI is InChI=1S/C31H35NO3/c1-22(2)20-24-8-13-27(14-9-24)32-19-18-25-21-28(34-4)15-16-29(25)31(32,3)26-11-6-23(7-12-26)10-17-30(33)35-5/h6-17,21-22H,18-20H2,1-5H3/b17-10+. The first-order valence-corrected chi connectivity index (χ1v) is 12.3. The Kier molecular flexibility index (Phi) is 7.30. The highest BCUT2D eigenvalue weighted by molar-refractivity contribution is 5.86. The number of fused-ring (bicyclic) bond motifs is 1. The number of carbonyl (C=O) groups excluding carboxylic acids is 1. The van der Waals surface area contributed by atoms with Crippen LogP contribution in [-0.2, 0) is 27.9 Å². The normalized spacial score (nSPS) is 17.5. The monoisotopic (exact) mass is 469 g/mol. The predicted molar refractivity (Wildman–Crippen MR) is 143 cm³/mol. The number of benzene rings is 3. The summed E-state index contributed by atoms with van der Waals surface area (Å²) in [6.07, 6.45) is 5.27. The molecule has 1 unspecified atom stereocenters. The van der Waals surface area contributed by atoms with Crippen molar-refractivity contribution in [2.24, 2.45) is 5.92 Å². The van der Waals surface area contributed by atoms with E-state index in [2.05, 4.69) is 92.4 Å². The van der Waals surface area contributed by atoms with Crippen LogP contribution in [0.25, 0.3) is 6.08 Å². The van der Waals surface area contributed by atoms with E-state index < -0.39 is 0 Å². The maximum Gasteiger partial charge on any atom is 0.330 e. The zero-order valence-electron chi connectivity index (χ0n) is 21.4. The van der Waals surface area contributed by atoms with Crippen molar-refractivity contribution in [2.75, 3.05) is 25.7 Å². The van der Waals surface area contributed by atoms with Crippen LogP contribution in [0.2, 0.25) is 0 Å². The smallest absolute Gasteiger partial charge is 0.330 e. The zero-order valence-corrected chi connectivity index (χ0v) is 21.4. The van der Waals surface area contributed by atoms with Crippen LogP contribution in [0.15, 0.2) is 72.8 Å². The maximum absolute atomic E-state index is 11.5. The van der Waals surface area contributed by atoms with Gasteiger partial charge in [0, 0.05) is 18.3 Å². The molecule has 4 rings (SSSR count). The number of hydrogen-bond donors (Lipinski definition) is 0. The zero-order chi connectivity index (χ0) is 25.0. The van der Waals surface area contributed by atoms with Gasteiger partial charge in [0.25, 0.3) is 0 Å². The summed E-state index contributed by atoms with van der Waals surface area (Å²) in [4.78, 5) is 14.0. The Balaban J connectivity index is 1.76. The molecule has 0 amide bonds. The summed E-state index contributed by atoms with van der Waals surface area (Å²) in [7, 11) is 3.10. The molecule has 182 valence electrons. The lowest BCUT2D eigenvalue weighted by molar-refractivity contribution is -0.134. The molecule has 3 aromatic carbocycles. The minimum Gasteiger partial charge on any atom is -0.497 e. The van der Waals surface area contributed by atoms with E-state index >= 15 is 0 Å². The van der Waals surface area contributed by atoms with Crippen LogP contribution in [0, 0.1) is 5.92 Å². The molecule has 0 fully saturated rings. The summed E-state index contributed by atoms with van der Waals surface area (Å²) < 4.78 is 10.2. The van der Waals surface area contributed by atoms with Crippen molar-refractivity contribution in [1.29, 1.82) is 0 Å². The van der Waals surface area contributed by atoms with Crippen molar-refractivity contribution in [3.8, 4) is 5.75 Å². The van der Waals surface area contributed by atoms with E-state index in [0.717, 1.165) is 30.7 Å². The van der Waals surface area contributed by atoms with Crippen molar-refractivity contribution in [2.45, 2.75) is 39.2 Å². The third-order valence-corrected chi connectivity index (χ3v) is 6.96. The molecule has 0 N–H and O–H groups in total. The number of rotatable bonds is 7. The maximum atomic E-state index is 11.5. The molecular weight excluding hydrogens is 434 g/mol. The molecule has 0 aromatic heterocycles. The molecule has 0 radical (unpaired) electrons. The second-order valence-corrected chi connectivity index (χ2v) is 9.74. The van der Waals surface area contributed by atoms with E-state index in [-0.39, 0.29) is 11.5 Å². The van der Waals surface area contributed by atoms with E-state index in [1.165, 1.54) is 41.1 Å². The largest absolute Gasteiger partial charge is 0.497 e. The van der Waals surface area contributed by atoms with Gasteiger partial charge in [-0.1, -0.05) is 56.3 Å². The SMILES string of the molecule is COC(=O)/C=C/c1ccc(C2(C)c3ccc(OC)cc3CCN2c2ccc(CC(C)C)cc2)cc1. The number of methoxy groups -OCH3 is 2. The van der Waals surface area contributed by atoms with Crippen molar-refractivity contribution in [1.82, 2.24) is 0 Å². The van der Waals surface area contributed by atoms with Crippen LogP contribution >= 0.6 is 0 Å². The lowest BCUT2D eigenvalue weighted by Crippen LogP contribution is -2.49. The minimum atomic E-state index is -0.358. The van der Waals surface area contributed by atoms with Crippen LogP contribution in [0.4, 0.5) is 5.69 Å². The van der Waals surface area contributed by atoms with Crippen molar-refractivity contribution in [3.63, 3.8) is 0 Å². The highest BCUT2D eigenvalue weighted by Gasteiger charge is 2.40. The molecule has 1 aliphatic heterocycles. The van der Waals surface area contributed by atoms with E-state index in [1.807, 2.05) is 0 Å². The number of nitrogens with zero attached hydrogens (tertiary/aromatic N) is 1. The average Bonchev–Trinajstić information content (AvgIpc) is 2.87. The van der Waals surface area contributed by atoms with Crippen molar-refractivity contribution in [3.05, 3.63) is 101 Å². The molecule has 1 heterocycles. The first kappa shape index (κ1) is 24.6. The Labute approximate surface area is 209 Å². The van der Waals surface area contributed by atoms with Gasteiger partial charge in [-0.05, 0) is 83.8 Å². The van der Waals surface area contributed by atoms with Gasteiger partial charge in [0.1, 0.15) is 5.75 Å². The highest BCUT2D eigenvalue weighted by Crippen LogP contribution is 2.44. The molecule has 1 atom stereocenters. The molecular formula is C31H35NO3. The Morgan fingerprint density at radius 2 is 1.74 bits per heavy atom. The van der Waals surface area contributed by atoms with Gasteiger partial charge in [0.2, 0.25) is 0 Å². The number of carbonyl (C=O) groups is 1. The summed E-state index contributed by atoms with van der Waals surface area (Å²) in [5.74, 6) is 1.17. The Bertz CT molecular complexity index is 1190. The third kappa shape index (κ3) is 5.12. The minimum absolute atomic E-state index is 0.357. The molecule has 0 saturated carbocycles. The van der Waals surface area contributed by atoms with Gasteiger partial charge in [-0.25, -0.2) is 4.79 Å². The van der Waals surface area contributed by atoms with Gasteiger partial charge in [0.15, 0.2) is 0 Å². The molecule has 3 aromatic rings. The number of hydrogen-bond acceptors (Lipinski definition) is 4. The van der Waals surface area contributed by atoms with Crippen molar-refractivity contribution >= 4 is 17.7 Å². The van der Waals surface area contributed by atoms with E-state index in [0.29, 0.717) is 5.92 Å². The summed E-state index contributed by atoms with van der Waals surface area (Å²) in [6.45, 7) is 7.72. The molecule has 4 heteroatoms. The van der Waals surface area contributed by atoms with E-state index in [9.17, 15) is 4.79 Å². The highest BCUT2D eigenvalue weighted by atomic mass is 16.5. The molecule has 0 bridgehead atoms. The summed E-state index contributed by atoms with van der Waals surface area (Å²) in [6, 6.07) is 23.9. The Hall–Kier alpha value is -3.53. The first-order chi connectivity index (χ1) is 16.8. The Morgan fingerprint density at radius 1 is 1.03 bits per heavy atom. The molecule has 4 nitrogen and oxygen atoms in total. The Morgan fingerprint density at radius 3 is 2.37 bits per heavy atom. The second kappa shape index (κ2) is 10.4. The van der Waals surface area contributed by atoms with Crippen LogP contribution in [0.3, 0.4) is 0 Å². The fourth-order valence-corrected chi connectivity index (χ4v) is 5.11. The quantitative estimate of drug-likeness (QED) is 0.296. The van der Waals surface area contributed by atoms with Gasteiger partial charge < -0.3 is 14.4 Å². The molecule has 35 heavy (non-hydrogen) atoms. The number of esters is 1. The van der Waals surface area contributed by atoms with E-state index in [4.69, 9.17) is 9.47 Å². The lowest BCUT2D eigenvalue weighted by Gasteiger charge is -2.48. The van der Waals surface area contributed by atoms with E-state index in [1.54, 1.807) is 13.2 Å². The molecule has 0 saturated heterocycles. The fraction of sp³-hybridized carbons (Fsp3) is 0.323. The third-order valence-electron chi connectivity index (χ3n) is 6.96. The topological polar surface area (TPSA) is 38.8 Å². The van der Waals surface area contributed by atoms with Crippen LogP contribution in [0.5, 0.6) is 5.75 Å².